The number of rotatable bonds is 4. The maximum Gasteiger partial charge on any atom is 0.293 e. The number of amides is 2. The quantitative estimate of drug-likeness (QED) is 0.832. The van der Waals surface area contributed by atoms with Crippen molar-refractivity contribution in [2.45, 2.75) is 32.6 Å². The number of likely N-dealkylation sites (tertiary alicyclic amines) is 1. The molecule has 1 aromatic heterocycles. The molecule has 2 heterocycles. The predicted octanol–water partition coefficient (Wildman–Crippen LogP) is 0.355. The maximum atomic E-state index is 12.2. The molecule has 0 spiro atoms. The first-order chi connectivity index (χ1) is 9.65. The van der Waals surface area contributed by atoms with Crippen molar-refractivity contribution < 1.29 is 9.59 Å². The van der Waals surface area contributed by atoms with Gasteiger partial charge in [-0.25, -0.2) is 4.98 Å². The zero-order valence-electron chi connectivity index (χ0n) is 12.0. The number of aryl methyl sites for hydroxylation is 1. The molecule has 0 unspecified atom stereocenters. The van der Waals surface area contributed by atoms with Crippen molar-refractivity contribution in [1.82, 2.24) is 25.4 Å². The Hall–Kier alpha value is -1.92. The Labute approximate surface area is 118 Å². The van der Waals surface area contributed by atoms with E-state index in [-0.39, 0.29) is 23.6 Å². The lowest BCUT2D eigenvalue weighted by Gasteiger charge is -2.30. The summed E-state index contributed by atoms with van der Waals surface area (Å²) in [6.07, 6.45) is 3.13. The van der Waals surface area contributed by atoms with E-state index >= 15 is 0 Å². The second-order valence-corrected chi connectivity index (χ2v) is 5.04. The number of carbonyl (C=O) groups excluding carboxylic acids is 2. The summed E-state index contributed by atoms with van der Waals surface area (Å²) in [7, 11) is 1.64. The third-order valence-corrected chi connectivity index (χ3v) is 3.61. The average Bonchev–Trinajstić information content (AvgIpc) is 2.95. The van der Waals surface area contributed by atoms with E-state index in [0.717, 1.165) is 18.7 Å². The number of piperidine rings is 1. The summed E-state index contributed by atoms with van der Waals surface area (Å²) in [5.41, 5.74) is 0. The van der Waals surface area contributed by atoms with Gasteiger partial charge in [0.05, 0.1) is 0 Å². The summed E-state index contributed by atoms with van der Waals surface area (Å²) in [5.74, 6) is 0.883. The van der Waals surface area contributed by atoms with E-state index in [1.807, 2.05) is 6.92 Å². The summed E-state index contributed by atoms with van der Waals surface area (Å²) in [6, 6.07) is 0. The van der Waals surface area contributed by atoms with Crippen LogP contribution < -0.4 is 5.32 Å². The highest BCUT2D eigenvalue weighted by molar-refractivity contribution is 5.90. The van der Waals surface area contributed by atoms with Crippen LogP contribution >= 0.6 is 0 Å². The molecular formula is C13H21N5O2. The van der Waals surface area contributed by atoms with Crippen LogP contribution in [0.2, 0.25) is 0 Å². The molecule has 1 aliphatic heterocycles. The lowest BCUT2D eigenvalue weighted by molar-refractivity contribution is -0.125. The first kappa shape index (κ1) is 14.5. The molecule has 0 atom stereocenters. The minimum atomic E-state index is -0.154. The number of aromatic nitrogens is 3. The normalized spacial score (nSPS) is 16.2. The summed E-state index contributed by atoms with van der Waals surface area (Å²) in [6.45, 7) is 3.21. The highest BCUT2D eigenvalue weighted by atomic mass is 16.2. The molecule has 110 valence electrons. The number of nitrogens with zero attached hydrogens (tertiary/aromatic N) is 3. The zero-order chi connectivity index (χ0) is 14.5. The van der Waals surface area contributed by atoms with Crippen molar-refractivity contribution in [2.75, 3.05) is 20.1 Å². The number of nitrogens with one attached hydrogen (secondary N) is 2. The van der Waals surface area contributed by atoms with E-state index in [1.54, 1.807) is 11.9 Å². The Bertz CT molecular complexity index is 477. The molecule has 1 saturated heterocycles. The van der Waals surface area contributed by atoms with Gasteiger partial charge in [-0.2, -0.15) is 0 Å². The third-order valence-electron chi connectivity index (χ3n) is 3.61. The highest BCUT2D eigenvalue weighted by Gasteiger charge is 2.28. The molecule has 1 aliphatic rings. The lowest BCUT2D eigenvalue weighted by Crippen LogP contribution is -2.42. The number of hydrogen-bond acceptors (Lipinski definition) is 4. The maximum absolute atomic E-state index is 12.2. The number of aromatic amines is 1. The Morgan fingerprint density at radius 2 is 2.10 bits per heavy atom. The summed E-state index contributed by atoms with van der Waals surface area (Å²) in [5, 5.41) is 9.42. The molecule has 1 fully saturated rings. The first-order valence-electron chi connectivity index (χ1n) is 7.07. The van der Waals surface area contributed by atoms with E-state index in [0.29, 0.717) is 25.9 Å². The van der Waals surface area contributed by atoms with Gasteiger partial charge < -0.3 is 10.2 Å². The van der Waals surface area contributed by atoms with Crippen molar-refractivity contribution in [1.29, 1.82) is 0 Å². The van der Waals surface area contributed by atoms with E-state index in [1.165, 1.54) is 0 Å². The minimum absolute atomic E-state index is 0.00634. The van der Waals surface area contributed by atoms with Crippen LogP contribution in [0.25, 0.3) is 0 Å². The fourth-order valence-electron chi connectivity index (χ4n) is 2.43. The fourth-order valence-corrected chi connectivity index (χ4v) is 2.43. The van der Waals surface area contributed by atoms with E-state index in [2.05, 4.69) is 20.5 Å². The van der Waals surface area contributed by atoms with Crippen molar-refractivity contribution in [3.63, 3.8) is 0 Å². The van der Waals surface area contributed by atoms with Gasteiger partial charge >= 0.3 is 0 Å². The van der Waals surface area contributed by atoms with Crippen LogP contribution in [-0.4, -0.2) is 52.0 Å². The fraction of sp³-hybridized carbons (Fsp3) is 0.692. The third kappa shape index (κ3) is 3.15. The topological polar surface area (TPSA) is 91.0 Å². The Morgan fingerprint density at radius 3 is 2.70 bits per heavy atom. The summed E-state index contributed by atoms with van der Waals surface area (Å²) in [4.78, 5) is 29.7. The molecule has 2 rings (SSSR count). The summed E-state index contributed by atoms with van der Waals surface area (Å²) >= 11 is 0. The van der Waals surface area contributed by atoms with Gasteiger partial charge in [-0.3, -0.25) is 14.7 Å². The number of hydrogen-bond donors (Lipinski definition) is 2. The van der Waals surface area contributed by atoms with Crippen molar-refractivity contribution in [3.8, 4) is 0 Å². The van der Waals surface area contributed by atoms with Gasteiger partial charge in [0, 0.05) is 32.5 Å². The molecule has 0 bridgehead atoms. The highest BCUT2D eigenvalue weighted by Crippen LogP contribution is 2.18. The van der Waals surface area contributed by atoms with Crippen LogP contribution in [0.1, 0.15) is 42.6 Å². The van der Waals surface area contributed by atoms with E-state index < -0.39 is 0 Å². The monoisotopic (exact) mass is 279 g/mol. The smallest absolute Gasteiger partial charge is 0.293 e. The largest absolute Gasteiger partial charge is 0.359 e. The molecule has 7 heteroatoms. The molecule has 2 amide bonds. The van der Waals surface area contributed by atoms with Crippen LogP contribution in [0.3, 0.4) is 0 Å². The van der Waals surface area contributed by atoms with E-state index in [9.17, 15) is 9.59 Å². The molecular weight excluding hydrogens is 258 g/mol. The number of H-pyrrole nitrogens is 1. The van der Waals surface area contributed by atoms with Gasteiger partial charge in [0.15, 0.2) is 0 Å². The van der Waals surface area contributed by atoms with E-state index in [4.69, 9.17) is 0 Å². The summed E-state index contributed by atoms with van der Waals surface area (Å²) < 4.78 is 0. The van der Waals surface area contributed by atoms with Gasteiger partial charge in [-0.1, -0.05) is 6.92 Å². The van der Waals surface area contributed by atoms with Gasteiger partial charge in [-0.05, 0) is 19.3 Å². The molecule has 7 nitrogen and oxygen atoms in total. The molecule has 20 heavy (non-hydrogen) atoms. The van der Waals surface area contributed by atoms with Gasteiger partial charge in [-0.15, -0.1) is 5.10 Å². The van der Waals surface area contributed by atoms with Crippen molar-refractivity contribution in [3.05, 3.63) is 11.6 Å². The van der Waals surface area contributed by atoms with Gasteiger partial charge in [0.1, 0.15) is 5.82 Å². The van der Waals surface area contributed by atoms with Crippen LogP contribution in [0.5, 0.6) is 0 Å². The first-order valence-corrected chi connectivity index (χ1v) is 7.07. The minimum Gasteiger partial charge on any atom is -0.359 e. The van der Waals surface area contributed by atoms with Crippen molar-refractivity contribution in [2.24, 2.45) is 5.92 Å². The average molecular weight is 279 g/mol. The second kappa shape index (κ2) is 6.49. The molecule has 2 N–H and O–H groups in total. The van der Waals surface area contributed by atoms with Gasteiger partial charge in [0.25, 0.3) is 5.91 Å². The van der Waals surface area contributed by atoms with Crippen LogP contribution in [-0.2, 0) is 11.2 Å². The SMILES string of the molecule is CCCc1nc(C(=O)N2CCC(C(=O)NC)CC2)n[nH]1. The Kier molecular flexibility index (Phi) is 4.70. The Balaban J connectivity index is 1.92. The second-order valence-electron chi connectivity index (χ2n) is 5.04. The van der Waals surface area contributed by atoms with Crippen LogP contribution in [0.4, 0.5) is 0 Å². The molecule has 0 aromatic carbocycles. The lowest BCUT2D eigenvalue weighted by atomic mass is 9.96. The zero-order valence-corrected chi connectivity index (χ0v) is 12.0. The molecule has 0 aliphatic carbocycles. The van der Waals surface area contributed by atoms with Crippen LogP contribution in [0.15, 0.2) is 0 Å². The van der Waals surface area contributed by atoms with Gasteiger partial charge in [0.2, 0.25) is 11.7 Å². The standard InChI is InChI=1S/C13H21N5O2/c1-3-4-10-15-11(17-16-10)13(20)18-7-5-9(6-8-18)12(19)14-2/h9H,3-8H2,1-2H3,(H,14,19)(H,15,16,17). The Morgan fingerprint density at radius 1 is 1.40 bits per heavy atom. The van der Waals surface area contributed by atoms with Crippen molar-refractivity contribution >= 4 is 11.8 Å². The molecule has 0 radical (unpaired) electrons. The van der Waals surface area contributed by atoms with Crippen LogP contribution in [0, 0.1) is 5.92 Å². The predicted molar refractivity (Wildman–Crippen MR) is 73.1 cm³/mol. The molecule has 0 saturated carbocycles. The number of carbonyl (C=O) groups is 2. The molecule has 1 aromatic rings.